The van der Waals surface area contributed by atoms with E-state index in [9.17, 15) is 13.6 Å². The molecule has 194 valence electrons. The Morgan fingerprint density at radius 3 is 2.19 bits per heavy atom. The van der Waals surface area contributed by atoms with Crippen molar-refractivity contribution in [2.75, 3.05) is 66.4 Å². The molecule has 1 unspecified atom stereocenters. The van der Waals surface area contributed by atoms with Gasteiger partial charge < -0.3 is 35.7 Å². The Labute approximate surface area is 208 Å². The molecule has 0 amide bonds. The minimum absolute atomic E-state index is 0.0301. The van der Waals surface area contributed by atoms with Gasteiger partial charge in [0.25, 0.3) is 6.43 Å². The van der Waals surface area contributed by atoms with Gasteiger partial charge in [0.15, 0.2) is 12.1 Å². The Morgan fingerprint density at radius 1 is 1.03 bits per heavy atom. The predicted molar refractivity (Wildman–Crippen MR) is 133 cm³/mol. The summed E-state index contributed by atoms with van der Waals surface area (Å²) in [6.45, 7) is 7.86. The van der Waals surface area contributed by atoms with Gasteiger partial charge in [-0.1, -0.05) is 12.1 Å². The van der Waals surface area contributed by atoms with Crippen molar-refractivity contribution >= 4 is 29.3 Å². The number of fused-ring (bicyclic) bond motifs is 1. The van der Waals surface area contributed by atoms with Crippen molar-refractivity contribution in [2.45, 2.75) is 37.6 Å². The van der Waals surface area contributed by atoms with Crippen LogP contribution in [0.25, 0.3) is 0 Å². The Balaban J connectivity index is 1.55. The van der Waals surface area contributed by atoms with E-state index in [1.165, 1.54) is 0 Å². The monoisotopic (exact) mass is 502 g/mol. The van der Waals surface area contributed by atoms with E-state index in [0.29, 0.717) is 68.9 Å². The van der Waals surface area contributed by atoms with Gasteiger partial charge in [-0.3, -0.25) is 4.90 Å². The second-order valence-corrected chi connectivity index (χ2v) is 9.97. The fourth-order valence-corrected chi connectivity index (χ4v) is 5.18. The Morgan fingerprint density at radius 2 is 1.64 bits per heavy atom. The number of benzene rings is 1. The van der Waals surface area contributed by atoms with E-state index < -0.39 is 23.8 Å². The Hall–Kier alpha value is -3.09. The molecule has 36 heavy (non-hydrogen) atoms. The molecule has 0 spiro atoms. The second-order valence-electron chi connectivity index (χ2n) is 9.97. The smallest absolute Gasteiger partial charge is 0.286 e. The normalized spacial score (nSPS) is 22.1. The average Bonchev–Trinajstić information content (AvgIpc) is 3.29. The Bertz CT molecular complexity index is 1090. The number of ether oxygens (including phenoxy) is 1. The lowest BCUT2D eigenvalue weighted by atomic mass is 9.98. The quantitative estimate of drug-likeness (QED) is 0.504. The van der Waals surface area contributed by atoms with Crippen molar-refractivity contribution in [1.29, 1.82) is 0 Å². The number of nitrogens with zero attached hydrogens (tertiary/aromatic N) is 5. The number of hydrogen-bond donors (Lipinski definition) is 3. The first-order valence-electron chi connectivity index (χ1n) is 12.1. The zero-order valence-corrected chi connectivity index (χ0v) is 20.5. The number of piperazine rings is 1. The molecule has 5 rings (SSSR count). The summed E-state index contributed by atoms with van der Waals surface area (Å²) >= 11 is 0. The van der Waals surface area contributed by atoms with Crippen LogP contribution in [0.4, 0.5) is 31.8 Å². The number of carbonyl (C=O) groups excluding carboxylic acids is 1. The van der Waals surface area contributed by atoms with Crippen molar-refractivity contribution in [3.05, 3.63) is 36.2 Å². The predicted octanol–water partition coefficient (Wildman–Crippen LogP) is 1.65. The van der Waals surface area contributed by atoms with Crippen LogP contribution < -0.4 is 26.2 Å². The molecule has 2 aromatic rings. The lowest BCUT2D eigenvalue weighted by Crippen LogP contribution is -2.65. The number of halogens is 2. The molecule has 1 aromatic carbocycles. The van der Waals surface area contributed by atoms with Gasteiger partial charge in [-0.2, -0.15) is 0 Å². The van der Waals surface area contributed by atoms with Gasteiger partial charge in [-0.15, -0.1) is 0 Å². The summed E-state index contributed by atoms with van der Waals surface area (Å²) < 4.78 is 35.1. The fraction of sp³-hybridized carbons (Fsp3) is 0.542. The number of alkyl halides is 2. The van der Waals surface area contributed by atoms with Crippen LogP contribution in [0.5, 0.6) is 0 Å². The summed E-state index contributed by atoms with van der Waals surface area (Å²) in [5, 5.41) is 5.92. The van der Waals surface area contributed by atoms with Crippen LogP contribution in [0.2, 0.25) is 0 Å². The zero-order chi connectivity index (χ0) is 25.5. The number of hydrogen-bond acceptors (Lipinski definition) is 10. The summed E-state index contributed by atoms with van der Waals surface area (Å²) in [7, 11) is 0. The van der Waals surface area contributed by atoms with Crippen LogP contribution in [0, 0.1) is 0 Å². The Kier molecular flexibility index (Phi) is 6.43. The van der Waals surface area contributed by atoms with Crippen molar-refractivity contribution in [3.8, 4) is 0 Å². The molecule has 0 saturated carbocycles. The van der Waals surface area contributed by atoms with E-state index in [0.717, 1.165) is 6.29 Å². The van der Waals surface area contributed by atoms with Crippen LogP contribution in [0.1, 0.15) is 19.7 Å². The van der Waals surface area contributed by atoms with Crippen LogP contribution in [-0.2, 0) is 15.2 Å². The highest BCUT2D eigenvalue weighted by Gasteiger charge is 2.50. The number of anilines is 4. The number of morpholine rings is 1. The number of carbonyl (C=O) groups is 1. The van der Waals surface area contributed by atoms with Crippen molar-refractivity contribution < 1.29 is 18.3 Å². The molecule has 3 aliphatic heterocycles. The summed E-state index contributed by atoms with van der Waals surface area (Å²) in [5.41, 5.74) is 4.74. The highest BCUT2D eigenvalue weighted by atomic mass is 19.3. The van der Waals surface area contributed by atoms with E-state index in [4.69, 9.17) is 15.5 Å². The molecule has 3 aliphatic rings. The van der Waals surface area contributed by atoms with Crippen molar-refractivity contribution in [3.63, 3.8) is 0 Å². The molecule has 0 bridgehead atoms. The zero-order valence-electron chi connectivity index (χ0n) is 20.5. The first kappa shape index (κ1) is 24.6. The first-order chi connectivity index (χ1) is 17.2. The third kappa shape index (κ3) is 4.33. The minimum Gasteiger partial charge on any atom is -0.378 e. The minimum atomic E-state index is -2.84. The van der Waals surface area contributed by atoms with Crippen molar-refractivity contribution in [1.82, 2.24) is 14.9 Å². The van der Waals surface area contributed by atoms with E-state index in [1.54, 1.807) is 24.3 Å². The van der Waals surface area contributed by atoms with Crippen LogP contribution in [0.15, 0.2) is 30.3 Å². The highest BCUT2D eigenvalue weighted by molar-refractivity contribution is 5.77. The number of aldehydes is 1. The average molecular weight is 503 g/mol. The van der Waals surface area contributed by atoms with Gasteiger partial charge in [-0.05, 0) is 26.0 Å². The molecule has 0 radical (unpaired) electrons. The van der Waals surface area contributed by atoms with E-state index >= 15 is 0 Å². The molecule has 10 nitrogen and oxygen atoms in total. The van der Waals surface area contributed by atoms with Crippen molar-refractivity contribution in [2.24, 2.45) is 5.73 Å². The number of aromatic nitrogens is 2. The lowest BCUT2D eigenvalue weighted by molar-refractivity contribution is -0.114. The molecule has 2 fully saturated rings. The number of rotatable bonds is 6. The van der Waals surface area contributed by atoms with Gasteiger partial charge in [0.05, 0.1) is 24.6 Å². The summed E-state index contributed by atoms with van der Waals surface area (Å²) in [6.07, 6.45) is -2.81. The number of nitrogens with one attached hydrogen (secondary N) is 2. The molecule has 0 aliphatic carbocycles. The van der Waals surface area contributed by atoms with E-state index in [1.807, 2.05) is 34.6 Å². The highest BCUT2D eigenvalue weighted by Crippen LogP contribution is 2.42. The lowest BCUT2D eigenvalue weighted by Gasteiger charge is -2.49. The molecule has 4 N–H and O–H groups in total. The van der Waals surface area contributed by atoms with Crippen LogP contribution in [0.3, 0.4) is 0 Å². The molecular weight excluding hydrogens is 470 g/mol. The third-order valence-electron chi connectivity index (χ3n) is 7.09. The molecule has 4 heterocycles. The standard InChI is InChI=1S/C24H32F2N8O2/c1-23(2)15-33(7-8-34(23)18(27)14-35)20-13-19(32-9-11-36-12-10-32)28-22(29-20)24(21(25)26)30-16-5-3-4-6-17(16)31-24/h3-6,13-14,18,21,30-31H,7-12,15,27H2,1-2H3. The topological polar surface area (TPSA) is 112 Å². The summed E-state index contributed by atoms with van der Waals surface area (Å²) in [6, 6.07) is 8.92. The van der Waals surface area contributed by atoms with Gasteiger partial charge in [0.1, 0.15) is 17.8 Å². The van der Waals surface area contributed by atoms with Crippen LogP contribution in [-0.4, -0.2) is 85.2 Å². The van der Waals surface area contributed by atoms with E-state index in [-0.39, 0.29) is 5.82 Å². The number of nitrogens with two attached hydrogens (primary N) is 1. The first-order valence-corrected chi connectivity index (χ1v) is 12.1. The fourth-order valence-electron chi connectivity index (χ4n) is 5.18. The molecule has 1 aromatic heterocycles. The van der Waals surface area contributed by atoms with Gasteiger partial charge in [-0.25, -0.2) is 18.7 Å². The maximum Gasteiger partial charge on any atom is 0.286 e. The molecule has 12 heteroatoms. The SMILES string of the molecule is CC1(C)CN(c2cc(N3CCOCC3)nc(C3(C(F)F)Nc4ccccc4N3)n2)CCN1C(N)C=O. The van der Waals surface area contributed by atoms with E-state index in [2.05, 4.69) is 15.6 Å². The second kappa shape index (κ2) is 9.41. The van der Waals surface area contributed by atoms with Gasteiger partial charge in [0, 0.05) is 44.3 Å². The van der Waals surface area contributed by atoms with Gasteiger partial charge >= 0.3 is 0 Å². The molecule has 2 saturated heterocycles. The third-order valence-corrected chi connectivity index (χ3v) is 7.09. The molecule has 1 atom stereocenters. The van der Waals surface area contributed by atoms with Crippen LogP contribution >= 0.6 is 0 Å². The maximum atomic E-state index is 14.8. The summed E-state index contributed by atoms with van der Waals surface area (Å²) in [4.78, 5) is 26.7. The van der Waals surface area contributed by atoms with Gasteiger partial charge in [0.2, 0.25) is 5.66 Å². The molecular formula is C24H32F2N8O2. The summed E-state index contributed by atoms with van der Waals surface area (Å²) in [5.74, 6) is 1.09. The number of para-hydroxylation sites is 2. The maximum absolute atomic E-state index is 14.8. The largest absolute Gasteiger partial charge is 0.378 e.